The predicted octanol–water partition coefficient (Wildman–Crippen LogP) is 6.23. The second-order valence-electron chi connectivity index (χ2n) is 8.57. The van der Waals surface area contributed by atoms with Gasteiger partial charge in [0.1, 0.15) is 10.7 Å². The Morgan fingerprint density at radius 2 is 1.94 bits per heavy atom. The summed E-state index contributed by atoms with van der Waals surface area (Å²) in [6.07, 6.45) is 8.22. The first kappa shape index (κ1) is 23.7. The Balaban J connectivity index is 1.55. The largest absolute Gasteiger partial charge is 0.465 e. The summed E-state index contributed by atoms with van der Waals surface area (Å²) in [6.45, 7) is 2.16. The Labute approximate surface area is 189 Å². The van der Waals surface area contributed by atoms with Gasteiger partial charge in [0.2, 0.25) is 0 Å². The molecule has 1 saturated carbocycles. The second-order valence-corrected chi connectivity index (χ2v) is 9.74. The van der Waals surface area contributed by atoms with E-state index in [1.54, 1.807) is 0 Å². The van der Waals surface area contributed by atoms with E-state index in [-0.39, 0.29) is 11.9 Å². The first-order chi connectivity index (χ1) is 15.0. The molecule has 3 atom stereocenters. The number of Topliss-reactive ketones (excluding diaryl/α,β-unsaturated/α-hetero) is 1. The van der Waals surface area contributed by atoms with Crippen molar-refractivity contribution in [3.8, 4) is 0 Å². The van der Waals surface area contributed by atoms with Crippen molar-refractivity contribution in [2.45, 2.75) is 76.7 Å². The topological polar surface area (TPSA) is 63.6 Å². The Morgan fingerprint density at radius 1 is 1.16 bits per heavy atom. The second kappa shape index (κ2) is 11.6. The predicted molar refractivity (Wildman–Crippen MR) is 125 cm³/mol. The number of unbranched alkanes of at least 4 members (excludes halogenated alkanes) is 2. The standard InChI is InChI=1S/C26H34O4S/c1-3-4-5-9-22(27)18-10-12-20(13-11-18)25-19(14-16-23(25)28)7-6-8-21-15-17-24(31-21)26(29)30-2/h10-13,15,17,19,22,25,27H,3-9,14,16H2,1-2H3/t19-,22+,25-/m0/s1. The van der Waals surface area contributed by atoms with Crippen LogP contribution in [0.25, 0.3) is 0 Å². The van der Waals surface area contributed by atoms with Gasteiger partial charge in [-0.15, -0.1) is 11.3 Å². The van der Waals surface area contributed by atoms with Crippen LogP contribution in [-0.2, 0) is 16.0 Å². The fourth-order valence-corrected chi connectivity index (χ4v) is 5.59. The van der Waals surface area contributed by atoms with E-state index >= 15 is 0 Å². The Bertz CT molecular complexity index is 855. The van der Waals surface area contributed by atoms with Gasteiger partial charge in [0.25, 0.3) is 0 Å². The molecule has 1 heterocycles. The summed E-state index contributed by atoms with van der Waals surface area (Å²) < 4.78 is 4.78. The number of hydrogen-bond acceptors (Lipinski definition) is 5. The smallest absolute Gasteiger partial charge is 0.348 e. The monoisotopic (exact) mass is 442 g/mol. The molecule has 1 N–H and O–H groups in total. The molecule has 0 unspecified atom stereocenters. The first-order valence-electron chi connectivity index (χ1n) is 11.5. The van der Waals surface area contributed by atoms with Crippen LogP contribution in [0.5, 0.6) is 0 Å². The summed E-state index contributed by atoms with van der Waals surface area (Å²) in [7, 11) is 1.40. The number of thiophene rings is 1. The molecule has 0 radical (unpaired) electrons. The lowest BCUT2D eigenvalue weighted by atomic mass is 9.84. The van der Waals surface area contributed by atoms with Gasteiger partial charge in [-0.05, 0) is 61.3 Å². The quantitative estimate of drug-likeness (QED) is 0.331. The molecule has 0 spiro atoms. The van der Waals surface area contributed by atoms with E-state index in [4.69, 9.17) is 4.74 Å². The van der Waals surface area contributed by atoms with Gasteiger partial charge in [-0.1, -0.05) is 50.5 Å². The van der Waals surface area contributed by atoms with E-state index in [0.29, 0.717) is 23.0 Å². The van der Waals surface area contributed by atoms with Crippen LogP contribution in [0.2, 0.25) is 0 Å². The number of carbonyl (C=O) groups is 2. The molecule has 5 heteroatoms. The number of methoxy groups -OCH3 is 1. The fraction of sp³-hybridized carbons (Fsp3) is 0.538. The Kier molecular flexibility index (Phi) is 8.85. The third-order valence-corrected chi connectivity index (χ3v) is 7.51. The van der Waals surface area contributed by atoms with Gasteiger partial charge >= 0.3 is 5.97 Å². The van der Waals surface area contributed by atoms with E-state index in [2.05, 4.69) is 6.92 Å². The number of hydrogen-bond donors (Lipinski definition) is 1. The number of aryl methyl sites for hydroxylation is 1. The highest BCUT2D eigenvalue weighted by atomic mass is 32.1. The lowest BCUT2D eigenvalue weighted by Gasteiger charge is -2.20. The molecular formula is C26H34O4S. The van der Waals surface area contributed by atoms with Gasteiger partial charge in [0.15, 0.2) is 0 Å². The number of ketones is 1. The zero-order chi connectivity index (χ0) is 22.2. The van der Waals surface area contributed by atoms with Crippen molar-refractivity contribution in [1.82, 2.24) is 0 Å². The van der Waals surface area contributed by atoms with Crippen molar-refractivity contribution < 1.29 is 19.4 Å². The average Bonchev–Trinajstić information content (AvgIpc) is 3.40. The van der Waals surface area contributed by atoms with Gasteiger partial charge in [0.05, 0.1) is 13.2 Å². The molecule has 31 heavy (non-hydrogen) atoms. The van der Waals surface area contributed by atoms with Crippen molar-refractivity contribution in [3.63, 3.8) is 0 Å². The van der Waals surface area contributed by atoms with E-state index in [1.165, 1.54) is 23.3 Å². The van der Waals surface area contributed by atoms with Crippen LogP contribution in [0.15, 0.2) is 36.4 Å². The Morgan fingerprint density at radius 3 is 2.65 bits per heavy atom. The molecule has 1 aromatic carbocycles. The zero-order valence-electron chi connectivity index (χ0n) is 18.6. The molecule has 2 aromatic rings. The third-order valence-electron chi connectivity index (χ3n) is 6.39. The normalized spacial score (nSPS) is 19.5. The highest BCUT2D eigenvalue weighted by Crippen LogP contribution is 2.40. The minimum Gasteiger partial charge on any atom is -0.465 e. The van der Waals surface area contributed by atoms with Crippen LogP contribution in [0.1, 0.15) is 96.0 Å². The maximum Gasteiger partial charge on any atom is 0.348 e. The summed E-state index contributed by atoms with van der Waals surface area (Å²) in [5.74, 6) is 0.398. The van der Waals surface area contributed by atoms with E-state index in [1.807, 2.05) is 36.4 Å². The van der Waals surface area contributed by atoms with E-state index < -0.39 is 6.10 Å². The number of benzene rings is 1. The van der Waals surface area contributed by atoms with Crippen LogP contribution >= 0.6 is 11.3 Å². The Hall–Kier alpha value is -1.98. The van der Waals surface area contributed by atoms with Crippen LogP contribution in [-0.4, -0.2) is 24.0 Å². The molecule has 3 rings (SSSR count). The van der Waals surface area contributed by atoms with E-state index in [9.17, 15) is 14.7 Å². The van der Waals surface area contributed by atoms with Crippen LogP contribution in [0, 0.1) is 5.92 Å². The number of aliphatic hydroxyl groups excluding tert-OH is 1. The summed E-state index contributed by atoms with van der Waals surface area (Å²) in [6, 6.07) is 11.9. The lowest BCUT2D eigenvalue weighted by molar-refractivity contribution is -0.119. The molecule has 1 fully saturated rings. The number of aliphatic hydroxyl groups is 1. The maximum absolute atomic E-state index is 12.6. The van der Waals surface area contributed by atoms with Crippen molar-refractivity contribution in [2.24, 2.45) is 5.92 Å². The molecule has 1 aliphatic rings. The lowest BCUT2D eigenvalue weighted by Crippen LogP contribution is -2.13. The number of carbonyl (C=O) groups excluding carboxylic acids is 2. The van der Waals surface area contributed by atoms with Gasteiger partial charge in [-0.2, -0.15) is 0 Å². The van der Waals surface area contributed by atoms with E-state index in [0.717, 1.165) is 62.5 Å². The highest BCUT2D eigenvalue weighted by Gasteiger charge is 2.35. The van der Waals surface area contributed by atoms with Crippen molar-refractivity contribution in [1.29, 1.82) is 0 Å². The molecule has 1 aromatic heterocycles. The molecular weight excluding hydrogens is 408 g/mol. The van der Waals surface area contributed by atoms with Crippen molar-refractivity contribution in [3.05, 3.63) is 57.3 Å². The van der Waals surface area contributed by atoms with Crippen molar-refractivity contribution >= 4 is 23.1 Å². The zero-order valence-corrected chi connectivity index (χ0v) is 19.5. The minimum atomic E-state index is -0.420. The molecule has 0 bridgehead atoms. The van der Waals surface area contributed by atoms with Crippen LogP contribution in [0.3, 0.4) is 0 Å². The number of rotatable bonds is 11. The number of esters is 1. The number of ether oxygens (including phenoxy) is 1. The molecule has 0 amide bonds. The summed E-state index contributed by atoms with van der Waals surface area (Å²) in [5.41, 5.74) is 2.03. The van der Waals surface area contributed by atoms with Gasteiger partial charge in [-0.3, -0.25) is 4.79 Å². The molecule has 1 aliphatic carbocycles. The first-order valence-corrected chi connectivity index (χ1v) is 12.3. The van der Waals surface area contributed by atoms with Gasteiger partial charge < -0.3 is 9.84 Å². The summed E-state index contributed by atoms with van der Waals surface area (Å²) in [4.78, 5) is 26.1. The molecule has 4 nitrogen and oxygen atoms in total. The third kappa shape index (κ3) is 6.27. The van der Waals surface area contributed by atoms with Gasteiger partial charge in [-0.25, -0.2) is 4.79 Å². The summed E-state index contributed by atoms with van der Waals surface area (Å²) >= 11 is 1.49. The average molecular weight is 443 g/mol. The van der Waals surface area contributed by atoms with Crippen LogP contribution in [0.4, 0.5) is 0 Å². The van der Waals surface area contributed by atoms with Crippen LogP contribution < -0.4 is 0 Å². The fourth-order valence-electron chi connectivity index (χ4n) is 4.62. The SMILES string of the molecule is CCCCC[C@@H](O)c1ccc([C@H]2C(=O)CC[C@@H]2CCCc2ccc(C(=O)OC)s2)cc1. The maximum atomic E-state index is 12.6. The molecule has 168 valence electrons. The molecule has 0 saturated heterocycles. The summed E-state index contributed by atoms with van der Waals surface area (Å²) in [5, 5.41) is 10.4. The highest BCUT2D eigenvalue weighted by molar-refractivity contribution is 7.13. The molecule has 0 aliphatic heterocycles. The van der Waals surface area contributed by atoms with Gasteiger partial charge in [0, 0.05) is 17.2 Å². The van der Waals surface area contributed by atoms with Crippen molar-refractivity contribution in [2.75, 3.05) is 7.11 Å². The minimum absolute atomic E-state index is 0.0275.